The molecule has 1 fully saturated rings. The monoisotopic (exact) mass is 504 g/mol. The fourth-order valence-corrected chi connectivity index (χ4v) is 2.95. The number of ether oxygens (including phenoxy) is 2. The third-order valence-electron chi connectivity index (χ3n) is 4.69. The number of hydrogen-bond acceptors (Lipinski definition) is 4. The van der Waals surface area contributed by atoms with Crippen molar-refractivity contribution < 1.29 is 9.47 Å². The van der Waals surface area contributed by atoms with Gasteiger partial charge in [0.1, 0.15) is 0 Å². The second kappa shape index (κ2) is 15.0. The quantitative estimate of drug-likeness (QED) is 0.246. The zero-order valence-electron chi connectivity index (χ0n) is 17.5. The predicted octanol–water partition coefficient (Wildman–Crippen LogP) is 2.73. The minimum atomic E-state index is 0. The van der Waals surface area contributed by atoms with Crippen molar-refractivity contribution in [2.75, 3.05) is 53.6 Å². The maximum atomic E-state index is 5.81. The first-order valence-electron chi connectivity index (χ1n) is 10.0. The van der Waals surface area contributed by atoms with Crippen molar-refractivity contribution in [2.45, 2.75) is 32.4 Å². The Labute approximate surface area is 187 Å². The molecule has 1 aromatic carbocycles. The number of halogens is 1. The summed E-state index contributed by atoms with van der Waals surface area (Å²) in [5.74, 6) is 1.27. The highest BCUT2D eigenvalue weighted by molar-refractivity contribution is 14.0. The highest BCUT2D eigenvalue weighted by Gasteiger charge is 2.28. The van der Waals surface area contributed by atoms with Gasteiger partial charge in [-0.05, 0) is 24.3 Å². The number of nitrogens with zero attached hydrogens (tertiary/aromatic N) is 2. The van der Waals surface area contributed by atoms with Crippen LogP contribution in [0.2, 0.25) is 0 Å². The Balaban J connectivity index is 0.00000392. The maximum Gasteiger partial charge on any atom is 0.191 e. The van der Waals surface area contributed by atoms with Crippen LogP contribution in [0.5, 0.6) is 0 Å². The summed E-state index contributed by atoms with van der Waals surface area (Å²) in [7, 11) is 3.58. The lowest BCUT2D eigenvalue weighted by atomic mass is 10.2. The Morgan fingerprint density at radius 1 is 1.21 bits per heavy atom. The molecule has 1 saturated carbocycles. The van der Waals surface area contributed by atoms with Gasteiger partial charge in [-0.1, -0.05) is 37.3 Å². The molecule has 1 aliphatic carbocycles. The minimum Gasteiger partial charge on any atom is -0.383 e. The summed E-state index contributed by atoms with van der Waals surface area (Å²) in [5, 5.41) is 6.81. The number of aliphatic imine (C=N–C) groups is 1. The molecule has 0 heterocycles. The van der Waals surface area contributed by atoms with E-state index in [1.165, 1.54) is 18.4 Å². The summed E-state index contributed by atoms with van der Waals surface area (Å²) in [6, 6.07) is 11.0. The first-order valence-corrected chi connectivity index (χ1v) is 10.0. The fraction of sp³-hybridized carbons (Fsp3) is 0.667. The van der Waals surface area contributed by atoms with Gasteiger partial charge in [-0.15, -0.1) is 24.0 Å². The molecule has 0 amide bonds. The van der Waals surface area contributed by atoms with E-state index >= 15 is 0 Å². The van der Waals surface area contributed by atoms with E-state index in [0.717, 1.165) is 51.4 Å². The Bertz CT molecular complexity index is 540. The number of methoxy groups -OCH3 is 1. The molecule has 0 radical (unpaired) electrons. The third kappa shape index (κ3) is 10.6. The van der Waals surface area contributed by atoms with Crippen molar-refractivity contribution in [1.82, 2.24) is 15.5 Å². The van der Waals surface area contributed by atoms with E-state index in [0.29, 0.717) is 12.5 Å². The van der Waals surface area contributed by atoms with Gasteiger partial charge in [-0.2, -0.15) is 0 Å². The van der Waals surface area contributed by atoms with Crippen molar-refractivity contribution in [3.8, 4) is 0 Å². The average molecular weight is 504 g/mol. The van der Waals surface area contributed by atoms with Crippen LogP contribution in [0.25, 0.3) is 0 Å². The first-order chi connectivity index (χ1) is 13.2. The molecule has 1 aromatic rings. The molecule has 0 aromatic heterocycles. The highest BCUT2D eigenvalue weighted by atomic mass is 127. The van der Waals surface area contributed by atoms with Crippen molar-refractivity contribution >= 4 is 29.9 Å². The molecule has 28 heavy (non-hydrogen) atoms. The third-order valence-corrected chi connectivity index (χ3v) is 4.69. The summed E-state index contributed by atoms with van der Waals surface area (Å²) in [6.45, 7) is 8.12. The number of nitrogens with one attached hydrogen (secondary N) is 2. The van der Waals surface area contributed by atoms with E-state index in [9.17, 15) is 0 Å². The fourth-order valence-electron chi connectivity index (χ4n) is 2.95. The molecule has 1 unspecified atom stereocenters. The van der Waals surface area contributed by atoms with Gasteiger partial charge in [-0.25, -0.2) is 0 Å². The topological polar surface area (TPSA) is 58.1 Å². The van der Waals surface area contributed by atoms with Crippen LogP contribution in [-0.4, -0.2) is 70.5 Å². The second-order valence-electron chi connectivity index (χ2n) is 7.25. The van der Waals surface area contributed by atoms with E-state index in [1.54, 1.807) is 7.11 Å². The predicted molar refractivity (Wildman–Crippen MR) is 127 cm³/mol. The van der Waals surface area contributed by atoms with Crippen LogP contribution in [-0.2, 0) is 16.1 Å². The lowest BCUT2D eigenvalue weighted by Crippen LogP contribution is -2.44. The maximum absolute atomic E-state index is 5.81. The molecule has 6 nitrogen and oxygen atoms in total. The van der Waals surface area contributed by atoms with E-state index in [2.05, 4.69) is 39.6 Å². The summed E-state index contributed by atoms with van der Waals surface area (Å²) >= 11 is 0. The summed E-state index contributed by atoms with van der Waals surface area (Å²) in [5.41, 5.74) is 1.21. The molecule has 7 heteroatoms. The number of benzene rings is 1. The molecule has 2 rings (SSSR count). The van der Waals surface area contributed by atoms with Gasteiger partial charge in [-0.3, -0.25) is 9.89 Å². The van der Waals surface area contributed by atoms with Crippen molar-refractivity contribution in [3.05, 3.63) is 35.9 Å². The van der Waals surface area contributed by atoms with E-state index in [4.69, 9.17) is 9.47 Å². The van der Waals surface area contributed by atoms with Crippen molar-refractivity contribution in [2.24, 2.45) is 10.9 Å². The van der Waals surface area contributed by atoms with E-state index < -0.39 is 0 Å². The molecule has 0 saturated heterocycles. The van der Waals surface area contributed by atoms with Crippen LogP contribution in [0.15, 0.2) is 35.3 Å². The first kappa shape index (κ1) is 25.1. The van der Waals surface area contributed by atoms with Crippen LogP contribution < -0.4 is 10.6 Å². The molecular weight excluding hydrogens is 467 g/mol. The van der Waals surface area contributed by atoms with Gasteiger partial charge in [0, 0.05) is 46.4 Å². The Kier molecular flexibility index (Phi) is 13.5. The Morgan fingerprint density at radius 3 is 2.61 bits per heavy atom. The van der Waals surface area contributed by atoms with Crippen molar-refractivity contribution in [1.29, 1.82) is 0 Å². The molecular formula is C21H37IN4O2. The SMILES string of the molecule is CN=C(NCCN(CCOC)C1CC1)NCC(C)COCc1ccccc1.I. The number of guanidine groups is 1. The van der Waals surface area contributed by atoms with Crippen molar-refractivity contribution in [3.63, 3.8) is 0 Å². The number of hydrogen-bond donors (Lipinski definition) is 2. The van der Waals surface area contributed by atoms with Gasteiger partial charge in [0.2, 0.25) is 0 Å². The minimum absolute atomic E-state index is 0. The van der Waals surface area contributed by atoms with Crippen LogP contribution in [0.1, 0.15) is 25.3 Å². The molecule has 1 aliphatic rings. The molecule has 0 bridgehead atoms. The van der Waals surface area contributed by atoms with Gasteiger partial charge in [0.15, 0.2) is 5.96 Å². The van der Waals surface area contributed by atoms with Gasteiger partial charge < -0.3 is 20.1 Å². The molecule has 0 aliphatic heterocycles. The van der Waals surface area contributed by atoms with Gasteiger partial charge >= 0.3 is 0 Å². The lowest BCUT2D eigenvalue weighted by molar-refractivity contribution is 0.0931. The van der Waals surface area contributed by atoms with E-state index in [1.807, 2.05) is 25.2 Å². The molecule has 160 valence electrons. The molecule has 1 atom stereocenters. The van der Waals surface area contributed by atoms with E-state index in [-0.39, 0.29) is 24.0 Å². The van der Waals surface area contributed by atoms with Gasteiger partial charge in [0.25, 0.3) is 0 Å². The number of rotatable bonds is 13. The van der Waals surface area contributed by atoms with Crippen LogP contribution in [0, 0.1) is 5.92 Å². The standard InChI is InChI=1S/C21H36N4O2.HI/c1-18(16-27-17-19-7-5-4-6-8-19)15-24-21(22-2)23-11-12-25(13-14-26-3)20-9-10-20;/h4-8,18,20H,9-17H2,1-3H3,(H2,22,23,24);1H. The Hall–Kier alpha value is -0.900. The van der Waals surface area contributed by atoms with Crippen LogP contribution in [0.3, 0.4) is 0 Å². The van der Waals surface area contributed by atoms with Crippen LogP contribution in [0.4, 0.5) is 0 Å². The molecule has 2 N–H and O–H groups in total. The second-order valence-corrected chi connectivity index (χ2v) is 7.25. The van der Waals surface area contributed by atoms with Gasteiger partial charge in [0.05, 0.1) is 19.8 Å². The smallest absolute Gasteiger partial charge is 0.191 e. The largest absolute Gasteiger partial charge is 0.383 e. The average Bonchev–Trinajstić information content (AvgIpc) is 3.53. The zero-order valence-corrected chi connectivity index (χ0v) is 19.9. The summed E-state index contributed by atoms with van der Waals surface area (Å²) in [6.07, 6.45) is 2.63. The zero-order chi connectivity index (χ0) is 19.3. The van der Waals surface area contributed by atoms with Crippen LogP contribution >= 0.6 is 24.0 Å². The summed E-state index contributed by atoms with van der Waals surface area (Å²) < 4.78 is 11.0. The summed E-state index contributed by atoms with van der Waals surface area (Å²) in [4.78, 5) is 6.82. The molecule has 0 spiro atoms. The lowest BCUT2D eigenvalue weighted by Gasteiger charge is -2.22. The normalized spacial score (nSPS) is 15.2. The Morgan fingerprint density at radius 2 is 1.96 bits per heavy atom. The highest BCUT2D eigenvalue weighted by Crippen LogP contribution is 2.25.